The molecule has 2 aliphatic rings. The molecule has 2 aliphatic carbocycles. The second kappa shape index (κ2) is 11.1. The molecule has 11 rings (SSSR count). The third-order valence-electron chi connectivity index (χ3n) is 12.4. The van der Waals surface area contributed by atoms with Crippen molar-refractivity contribution in [2.45, 2.75) is 38.5 Å². The molecule has 1 heterocycles. The van der Waals surface area contributed by atoms with Gasteiger partial charge >= 0.3 is 0 Å². The van der Waals surface area contributed by atoms with Crippen LogP contribution in [0, 0.1) is 0 Å². The fourth-order valence-electron chi connectivity index (χ4n) is 9.71. The molecule has 0 saturated carbocycles. The number of furan rings is 1. The topological polar surface area (TPSA) is 16.4 Å². The van der Waals surface area contributed by atoms with Gasteiger partial charge in [-0.3, -0.25) is 0 Å². The summed E-state index contributed by atoms with van der Waals surface area (Å²) < 4.78 is 6.77. The lowest BCUT2D eigenvalue weighted by atomic mass is 9.79. The minimum atomic E-state index is -0.233. The first-order valence-electron chi connectivity index (χ1n) is 19.0. The molecular weight excluding hydrogens is 655 g/mol. The SMILES string of the molecule is CC1(C)c2ccccc2-c2cc3c(cc21)-c1c(cc(N(c2cccc(-c4ccccc4)c2)c2cccc4c2oc2ccccc24)c2ccccc12)C3(C)C. The third-order valence-corrected chi connectivity index (χ3v) is 12.4. The number of nitrogens with zero attached hydrogens (tertiary/aromatic N) is 1. The average molecular weight is 694 g/mol. The molecule has 9 aromatic rings. The van der Waals surface area contributed by atoms with Gasteiger partial charge in [0.25, 0.3) is 0 Å². The summed E-state index contributed by atoms with van der Waals surface area (Å²) in [7, 11) is 0. The number of hydrogen-bond donors (Lipinski definition) is 0. The highest BCUT2D eigenvalue weighted by Gasteiger charge is 2.43. The average Bonchev–Trinajstić information content (AvgIpc) is 3.78. The van der Waals surface area contributed by atoms with Crippen LogP contribution in [0.15, 0.2) is 168 Å². The van der Waals surface area contributed by atoms with E-state index in [-0.39, 0.29) is 10.8 Å². The van der Waals surface area contributed by atoms with E-state index in [0.29, 0.717) is 0 Å². The van der Waals surface area contributed by atoms with Gasteiger partial charge in [0, 0.05) is 32.7 Å². The lowest BCUT2D eigenvalue weighted by Crippen LogP contribution is -2.18. The summed E-state index contributed by atoms with van der Waals surface area (Å²) in [5, 5.41) is 4.72. The van der Waals surface area contributed by atoms with Crippen molar-refractivity contribution < 1.29 is 4.42 Å². The maximum absolute atomic E-state index is 6.77. The summed E-state index contributed by atoms with van der Waals surface area (Å²) in [5.41, 5.74) is 18.1. The molecule has 2 nitrogen and oxygen atoms in total. The highest BCUT2D eigenvalue weighted by molar-refractivity contribution is 6.14. The number of hydrogen-bond acceptors (Lipinski definition) is 2. The molecule has 258 valence electrons. The van der Waals surface area contributed by atoms with Crippen LogP contribution >= 0.6 is 0 Å². The fourth-order valence-corrected chi connectivity index (χ4v) is 9.71. The van der Waals surface area contributed by atoms with Gasteiger partial charge in [-0.25, -0.2) is 0 Å². The monoisotopic (exact) mass is 693 g/mol. The van der Waals surface area contributed by atoms with Crippen molar-refractivity contribution in [2.24, 2.45) is 0 Å². The highest BCUT2D eigenvalue weighted by atomic mass is 16.3. The molecule has 8 aromatic carbocycles. The van der Waals surface area contributed by atoms with Crippen molar-refractivity contribution in [2.75, 3.05) is 4.90 Å². The molecule has 2 heteroatoms. The van der Waals surface area contributed by atoms with Gasteiger partial charge in [-0.2, -0.15) is 0 Å². The molecule has 0 atom stereocenters. The summed E-state index contributed by atoms with van der Waals surface area (Å²) in [6.45, 7) is 9.59. The predicted molar refractivity (Wildman–Crippen MR) is 226 cm³/mol. The van der Waals surface area contributed by atoms with Crippen LogP contribution in [-0.2, 0) is 10.8 Å². The van der Waals surface area contributed by atoms with E-state index in [4.69, 9.17) is 4.42 Å². The lowest BCUT2D eigenvalue weighted by molar-refractivity contribution is 0.652. The quantitative estimate of drug-likeness (QED) is 0.182. The standard InChI is InChI=1S/C52H39NO/c1-51(2)42-25-12-10-20-35(42)40-29-44-41(30-43(40)51)49-38-23-9-8-21-36(38)47(31-45(49)52(44,3)4)53(34-19-14-18-33(28-34)32-16-6-5-7-17-32)46-26-15-24-39-37-22-11-13-27-48(37)54-50(39)46/h5-31H,1-4H3. The fraction of sp³-hybridized carbons (Fsp3) is 0.115. The number of fused-ring (bicyclic) bond motifs is 11. The van der Waals surface area contributed by atoms with Crippen LogP contribution < -0.4 is 4.90 Å². The first-order chi connectivity index (χ1) is 26.3. The number of benzene rings is 8. The van der Waals surface area contributed by atoms with Crippen molar-refractivity contribution in [1.82, 2.24) is 0 Å². The molecule has 0 radical (unpaired) electrons. The molecule has 0 amide bonds. The van der Waals surface area contributed by atoms with E-state index >= 15 is 0 Å². The van der Waals surface area contributed by atoms with Gasteiger partial charge in [0.1, 0.15) is 5.58 Å². The smallest absolute Gasteiger partial charge is 0.159 e. The Balaban J connectivity index is 1.20. The van der Waals surface area contributed by atoms with Crippen molar-refractivity contribution in [3.8, 4) is 33.4 Å². The second-order valence-corrected chi connectivity index (χ2v) is 16.1. The zero-order chi connectivity index (χ0) is 36.3. The number of anilines is 3. The highest BCUT2D eigenvalue weighted by Crippen LogP contribution is 2.59. The Morgan fingerprint density at radius 1 is 0.407 bits per heavy atom. The molecular formula is C52H39NO. The van der Waals surface area contributed by atoms with E-state index in [1.54, 1.807) is 0 Å². The number of para-hydroxylation sites is 2. The zero-order valence-electron chi connectivity index (χ0n) is 30.9. The molecule has 0 fully saturated rings. The van der Waals surface area contributed by atoms with Crippen LogP contribution in [0.1, 0.15) is 49.9 Å². The van der Waals surface area contributed by atoms with Crippen molar-refractivity contribution in [3.63, 3.8) is 0 Å². The molecule has 0 spiro atoms. The summed E-state index contributed by atoms with van der Waals surface area (Å²) >= 11 is 0. The summed E-state index contributed by atoms with van der Waals surface area (Å²) in [6, 6.07) is 60.1. The Hall–Kier alpha value is -6.38. The summed E-state index contributed by atoms with van der Waals surface area (Å²) in [5.74, 6) is 0. The lowest BCUT2D eigenvalue weighted by Gasteiger charge is -2.30. The number of rotatable bonds is 4. The van der Waals surface area contributed by atoms with Gasteiger partial charge in [0.2, 0.25) is 0 Å². The normalized spacial score (nSPS) is 14.6. The second-order valence-electron chi connectivity index (χ2n) is 16.1. The molecule has 0 aliphatic heterocycles. The maximum Gasteiger partial charge on any atom is 0.159 e. The van der Waals surface area contributed by atoms with Crippen LogP contribution in [0.25, 0.3) is 66.1 Å². The Labute approximate surface area is 315 Å². The van der Waals surface area contributed by atoms with Gasteiger partial charge in [0.15, 0.2) is 5.58 Å². The van der Waals surface area contributed by atoms with E-state index < -0.39 is 0 Å². The van der Waals surface area contributed by atoms with Gasteiger partial charge in [-0.05, 0) is 103 Å². The van der Waals surface area contributed by atoms with Gasteiger partial charge in [-0.1, -0.05) is 149 Å². The minimum absolute atomic E-state index is 0.0740. The molecule has 0 N–H and O–H groups in total. The first kappa shape index (κ1) is 31.2. The Bertz CT molecular complexity index is 3000. The van der Waals surface area contributed by atoms with E-state index in [2.05, 4.69) is 196 Å². The molecule has 1 aromatic heterocycles. The Morgan fingerprint density at radius 3 is 1.89 bits per heavy atom. The van der Waals surface area contributed by atoms with E-state index in [1.807, 2.05) is 0 Å². The maximum atomic E-state index is 6.77. The third kappa shape index (κ3) is 4.23. The van der Waals surface area contributed by atoms with Crippen molar-refractivity contribution >= 4 is 49.8 Å². The largest absolute Gasteiger partial charge is 0.454 e. The van der Waals surface area contributed by atoms with Crippen LogP contribution in [0.4, 0.5) is 17.1 Å². The van der Waals surface area contributed by atoms with Crippen LogP contribution in [0.3, 0.4) is 0 Å². The van der Waals surface area contributed by atoms with Gasteiger partial charge in [0.05, 0.1) is 11.4 Å². The molecule has 0 unspecified atom stereocenters. The Kier molecular flexibility index (Phi) is 6.39. The zero-order valence-corrected chi connectivity index (χ0v) is 30.9. The Morgan fingerprint density at radius 2 is 1.04 bits per heavy atom. The first-order valence-corrected chi connectivity index (χ1v) is 19.0. The molecule has 0 saturated heterocycles. The molecule has 0 bridgehead atoms. The predicted octanol–water partition coefficient (Wildman–Crippen LogP) is 14.5. The van der Waals surface area contributed by atoms with Crippen LogP contribution in [0.5, 0.6) is 0 Å². The molecule has 54 heavy (non-hydrogen) atoms. The summed E-state index contributed by atoms with van der Waals surface area (Å²) in [6.07, 6.45) is 0. The van der Waals surface area contributed by atoms with Crippen molar-refractivity contribution in [3.05, 3.63) is 186 Å². The van der Waals surface area contributed by atoms with Crippen LogP contribution in [-0.4, -0.2) is 0 Å². The van der Waals surface area contributed by atoms with Gasteiger partial charge < -0.3 is 9.32 Å². The van der Waals surface area contributed by atoms with E-state index in [1.165, 1.54) is 66.4 Å². The van der Waals surface area contributed by atoms with E-state index in [0.717, 1.165) is 39.0 Å². The minimum Gasteiger partial charge on any atom is -0.454 e. The van der Waals surface area contributed by atoms with Gasteiger partial charge in [-0.15, -0.1) is 0 Å². The van der Waals surface area contributed by atoms with Crippen molar-refractivity contribution in [1.29, 1.82) is 0 Å². The summed E-state index contributed by atoms with van der Waals surface area (Å²) in [4.78, 5) is 2.44. The van der Waals surface area contributed by atoms with Crippen LogP contribution in [0.2, 0.25) is 0 Å². The van der Waals surface area contributed by atoms with E-state index in [9.17, 15) is 0 Å².